The number of benzene rings is 6. The lowest BCUT2D eigenvalue weighted by atomic mass is 10.2. The number of halogens is 4. The number of hydrogen-bond donors (Lipinski definition) is 4. The fourth-order valence-electron chi connectivity index (χ4n) is 11.2. The maximum absolute atomic E-state index is 14.2. The molecule has 3 fully saturated rings. The molecule has 34 heteroatoms. The summed E-state index contributed by atoms with van der Waals surface area (Å²) in [5, 5.41) is 6.53. The summed E-state index contributed by atoms with van der Waals surface area (Å²) in [5.41, 5.74) is 3.88. The summed E-state index contributed by atoms with van der Waals surface area (Å²) < 4.78 is 117. The fraction of sp³-hybridized carbons (Fsp3) is 0.235. The van der Waals surface area contributed by atoms with Crippen molar-refractivity contribution in [2.24, 2.45) is 0 Å². The van der Waals surface area contributed by atoms with E-state index in [-0.39, 0.29) is 79.8 Å². The van der Waals surface area contributed by atoms with Crippen LogP contribution in [0.4, 0.5) is 48.3 Å². The van der Waals surface area contributed by atoms with Crippen LogP contribution in [0.25, 0.3) is 10.9 Å². The molecule has 10 aromatic rings. The number of fused-ring (bicyclic) bond motifs is 1. The Balaban J connectivity index is 0.000000218. The van der Waals surface area contributed by atoms with Gasteiger partial charge in [0, 0.05) is 154 Å². The van der Waals surface area contributed by atoms with Crippen LogP contribution in [0.2, 0.25) is 10.0 Å². The minimum atomic E-state index is -3.77. The highest BCUT2D eigenvalue weighted by atomic mass is 35.5. The molecule has 3 aliphatic rings. The SMILES string of the molecule is CC(Nc1cccc(Cl)c1)C(=O)N1CCN(c2ccc(S(=O)(=O)Nc3ccncn3)cc2)CC1.O=C(COc1ccc(F)c(Cl)c1)N1CCN(c2ccc(S(=O)(=O)Nc3ccncn3)cc2)CC1.O=C(Cn1ccc2cccc(F)c21)N1CCN(c2ccc(S(=O)(=O)Nc3nccs3)cc2)CC1.[HH].[HH].[HH].[HH]. The molecule has 13 rings (SSSR count). The van der Waals surface area contributed by atoms with Crippen molar-refractivity contribution in [3.63, 3.8) is 0 Å². The quantitative estimate of drug-likeness (QED) is 0.0551. The van der Waals surface area contributed by atoms with Gasteiger partial charge in [0.15, 0.2) is 11.7 Å². The summed E-state index contributed by atoms with van der Waals surface area (Å²) in [5.74, 6) is -0.395. The average Bonchev–Trinajstić information content (AvgIpc) is 1.72. The first-order valence-corrected chi connectivity index (χ1v) is 37.9. The Bertz CT molecular complexity index is 4900. The lowest BCUT2D eigenvalue weighted by Gasteiger charge is -2.37. The summed E-state index contributed by atoms with van der Waals surface area (Å²) in [7, 11) is -11.2. The molecule has 3 saturated heterocycles. The molecule has 0 spiro atoms. The predicted octanol–water partition coefficient (Wildman–Crippen LogP) is 10.2. The van der Waals surface area contributed by atoms with E-state index in [1.54, 1.807) is 111 Å². The van der Waals surface area contributed by atoms with E-state index >= 15 is 0 Å². The predicted molar refractivity (Wildman–Crippen MR) is 396 cm³/mol. The van der Waals surface area contributed by atoms with Crippen LogP contribution in [0.15, 0.2) is 209 Å². The number of ether oxygens (including phenoxy) is 1. The Hall–Kier alpha value is -10.3. The van der Waals surface area contributed by atoms with Crippen molar-refractivity contribution in [1.29, 1.82) is 0 Å². The van der Waals surface area contributed by atoms with Crippen molar-refractivity contribution >= 4 is 133 Å². The number of carbonyl (C=O) groups is 3. The smallest absolute Gasteiger partial charge is 0.263 e. The van der Waals surface area contributed by atoms with E-state index < -0.39 is 35.9 Å². The molecule has 1 atom stereocenters. The molecule has 540 valence electrons. The van der Waals surface area contributed by atoms with Gasteiger partial charge < -0.3 is 44.0 Å². The van der Waals surface area contributed by atoms with Gasteiger partial charge >= 0.3 is 0 Å². The average molecular weight is 1510 g/mol. The minimum Gasteiger partial charge on any atom is -0.484 e. The molecule has 0 aliphatic carbocycles. The lowest BCUT2D eigenvalue weighted by Crippen LogP contribution is -2.52. The summed E-state index contributed by atoms with van der Waals surface area (Å²) in [4.78, 5) is 69.4. The van der Waals surface area contributed by atoms with Crippen molar-refractivity contribution in [1.82, 2.24) is 44.2 Å². The van der Waals surface area contributed by atoms with E-state index in [1.165, 1.54) is 91.1 Å². The Morgan fingerprint density at radius 1 is 0.549 bits per heavy atom. The van der Waals surface area contributed by atoms with Crippen molar-refractivity contribution in [3.8, 4) is 5.75 Å². The highest BCUT2D eigenvalue weighted by Crippen LogP contribution is 2.28. The molecule has 1 unspecified atom stereocenters. The molecule has 26 nitrogen and oxygen atoms in total. The number of carbonyl (C=O) groups excluding carboxylic acids is 3. The maximum Gasteiger partial charge on any atom is 0.263 e. The zero-order valence-corrected chi connectivity index (χ0v) is 59.3. The second-order valence-electron chi connectivity index (χ2n) is 23.2. The molecule has 3 aliphatic heterocycles. The van der Waals surface area contributed by atoms with E-state index in [2.05, 4.69) is 59.1 Å². The van der Waals surface area contributed by atoms with E-state index in [4.69, 9.17) is 27.9 Å². The van der Waals surface area contributed by atoms with Gasteiger partial charge in [-0.3, -0.25) is 28.5 Å². The van der Waals surface area contributed by atoms with Crippen molar-refractivity contribution in [2.45, 2.75) is 34.2 Å². The first-order chi connectivity index (χ1) is 49.0. The highest BCUT2D eigenvalue weighted by Gasteiger charge is 2.28. The number of anilines is 7. The summed E-state index contributed by atoms with van der Waals surface area (Å²) in [6.45, 7) is 8.67. The number of rotatable bonds is 20. The van der Waals surface area contributed by atoms with Crippen molar-refractivity contribution in [2.75, 3.05) is 119 Å². The summed E-state index contributed by atoms with van der Waals surface area (Å²) >= 11 is 13.0. The molecular formula is C68H76Cl2F2N16O10S4. The molecule has 4 N–H and O–H groups in total. The van der Waals surface area contributed by atoms with Crippen LogP contribution >= 0.6 is 34.5 Å². The van der Waals surface area contributed by atoms with E-state index in [0.29, 0.717) is 100.0 Å². The molecular weight excluding hydrogens is 1440 g/mol. The van der Waals surface area contributed by atoms with Gasteiger partial charge in [-0.05, 0) is 134 Å². The zero-order chi connectivity index (χ0) is 72.0. The number of nitrogens with one attached hydrogen (secondary N) is 4. The number of thiazole rings is 1. The van der Waals surface area contributed by atoms with Crippen LogP contribution in [0.5, 0.6) is 5.75 Å². The standard InChI is InChI=1S/C23H25ClN6O3S.C23H22FN5O3S2.C22H21ClFN5O4S.4H2/c1-17(27-19-4-2-3-18(24)15-19)23(31)30-13-11-29(12-14-30)20-5-7-21(8-6-20)34(32,33)28-22-9-10-25-16-26-22;24-20-3-1-2-17-8-10-29(22(17)20)16-21(30)28-13-11-27(12-14-28)18-4-6-19(7-5-18)34(31,32)26-23-25-9-15-33-23;23-19-13-17(3-6-20(19)24)33-14-22(30)29-11-9-28(10-12-29)16-1-4-18(5-2-16)34(31,32)27-21-7-8-25-15-26-21;;;;/h2-10,15-17,27H,11-14H2,1H3,(H,25,26,28);1-10,15H,11-14,16H2,(H,25,26);1-8,13,15H,9-12,14H2,(H,25,26,27);4*1H. The number of piperazine rings is 3. The van der Waals surface area contributed by atoms with Crippen LogP contribution in [-0.4, -0.2) is 178 Å². The normalized spacial score (nSPS) is 14.5. The molecule has 7 heterocycles. The van der Waals surface area contributed by atoms with Gasteiger partial charge in [-0.1, -0.05) is 41.4 Å². The first kappa shape index (κ1) is 73.0. The van der Waals surface area contributed by atoms with Gasteiger partial charge in [-0.25, -0.2) is 59.0 Å². The monoisotopic (exact) mass is 1510 g/mol. The van der Waals surface area contributed by atoms with Gasteiger partial charge in [0.1, 0.15) is 54.3 Å². The summed E-state index contributed by atoms with van der Waals surface area (Å²) in [6.07, 6.45) is 8.72. The Morgan fingerprint density at radius 2 is 1.05 bits per heavy atom. The van der Waals surface area contributed by atoms with Crippen LogP contribution in [0, 0.1) is 11.6 Å². The number of amides is 3. The molecule has 3 amide bonds. The Kier molecular flexibility index (Phi) is 23.6. The Labute approximate surface area is 607 Å². The number of aromatic nitrogens is 6. The van der Waals surface area contributed by atoms with Gasteiger partial charge in [0.05, 0.1) is 25.2 Å². The second-order valence-corrected chi connectivity index (χ2v) is 30.0. The number of hydrogen-bond acceptors (Lipinski definition) is 20. The van der Waals surface area contributed by atoms with Crippen LogP contribution in [0.1, 0.15) is 12.6 Å². The van der Waals surface area contributed by atoms with E-state index in [0.717, 1.165) is 28.1 Å². The number of sulfonamides is 3. The zero-order valence-electron chi connectivity index (χ0n) is 54.5. The number of nitrogens with zero attached hydrogens (tertiary/aromatic N) is 12. The van der Waals surface area contributed by atoms with Crippen LogP contribution in [-0.2, 0) is 51.0 Å². The number of para-hydroxylation sites is 1. The Morgan fingerprint density at radius 3 is 1.53 bits per heavy atom. The third-order valence-electron chi connectivity index (χ3n) is 16.6. The molecule has 0 radical (unpaired) electrons. The summed E-state index contributed by atoms with van der Waals surface area (Å²) in [6, 6.07) is 40.3. The van der Waals surface area contributed by atoms with Gasteiger partial charge in [-0.15, -0.1) is 11.3 Å². The van der Waals surface area contributed by atoms with E-state index in [1.807, 2.05) is 30.0 Å². The van der Waals surface area contributed by atoms with Crippen LogP contribution in [0.3, 0.4) is 0 Å². The molecule has 0 saturated carbocycles. The van der Waals surface area contributed by atoms with Gasteiger partial charge in [-0.2, -0.15) is 0 Å². The topological polar surface area (TPSA) is 300 Å². The fourth-order valence-corrected chi connectivity index (χ4v) is 15.4. The highest BCUT2D eigenvalue weighted by molar-refractivity contribution is 7.93. The lowest BCUT2D eigenvalue weighted by molar-refractivity contribution is -0.134. The third kappa shape index (κ3) is 19.0. The minimum absolute atomic E-state index is 0. The largest absolute Gasteiger partial charge is 0.484 e. The molecule has 6 aromatic carbocycles. The molecule has 102 heavy (non-hydrogen) atoms. The van der Waals surface area contributed by atoms with Crippen molar-refractivity contribution in [3.05, 3.63) is 216 Å². The molecule has 0 bridgehead atoms. The third-order valence-corrected chi connectivity index (χ3v) is 22.0. The maximum atomic E-state index is 14.2. The first-order valence-electron chi connectivity index (χ1n) is 31.8. The van der Waals surface area contributed by atoms with E-state index in [9.17, 15) is 48.4 Å². The molecule has 4 aromatic heterocycles. The second kappa shape index (κ2) is 33.0. The van der Waals surface area contributed by atoms with Crippen molar-refractivity contribution < 1.29 is 58.9 Å². The van der Waals surface area contributed by atoms with Gasteiger partial charge in [0.2, 0.25) is 11.8 Å². The van der Waals surface area contributed by atoms with Crippen LogP contribution < -0.4 is 38.9 Å². The van der Waals surface area contributed by atoms with Gasteiger partial charge in [0.25, 0.3) is 36.0 Å².